The van der Waals surface area contributed by atoms with Crippen LogP contribution in [0.2, 0.25) is 0 Å². The van der Waals surface area contributed by atoms with E-state index in [1.807, 2.05) is 6.92 Å². The third-order valence-electron chi connectivity index (χ3n) is 4.61. The molecule has 0 saturated heterocycles. The maximum absolute atomic E-state index is 12.3. The zero-order valence-corrected chi connectivity index (χ0v) is 13.4. The van der Waals surface area contributed by atoms with Gasteiger partial charge in [-0.05, 0) is 32.6 Å². The second kappa shape index (κ2) is 11.3. The molecule has 0 aromatic rings. The van der Waals surface area contributed by atoms with Crippen LogP contribution in [0, 0.1) is 5.92 Å². The molecule has 2 nitrogen and oxygen atoms in total. The Morgan fingerprint density at radius 1 is 1.00 bits per heavy atom. The first kappa shape index (κ1) is 17.7. The molecule has 20 heavy (non-hydrogen) atoms. The fourth-order valence-corrected chi connectivity index (χ4v) is 3.25. The molecule has 1 N–H and O–H groups in total. The lowest BCUT2D eigenvalue weighted by Crippen LogP contribution is -2.15. The van der Waals surface area contributed by atoms with Gasteiger partial charge < -0.3 is 5.11 Å². The molecule has 1 saturated carbocycles. The Balaban J connectivity index is 2.30. The van der Waals surface area contributed by atoms with Crippen LogP contribution in [0.3, 0.4) is 0 Å². The number of unbranched alkanes of at least 4 members (excludes halogenated alkanes) is 1. The number of Topliss-reactive ketones (excluding diaryl/α,β-unsaturated/α-hetero) is 1. The fraction of sp³-hybridized carbons (Fsp3) is 0.944. The second-order valence-corrected chi connectivity index (χ2v) is 6.66. The van der Waals surface area contributed by atoms with E-state index in [-0.39, 0.29) is 6.10 Å². The van der Waals surface area contributed by atoms with Crippen molar-refractivity contribution in [3.05, 3.63) is 0 Å². The van der Waals surface area contributed by atoms with Crippen LogP contribution in [0.1, 0.15) is 96.8 Å². The molecule has 0 aromatic heterocycles. The molecule has 2 atom stereocenters. The number of ketones is 1. The van der Waals surface area contributed by atoms with E-state index in [0.29, 0.717) is 11.7 Å². The van der Waals surface area contributed by atoms with E-state index in [9.17, 15) is 9.90 Å². The number of hydrogen-bond donors (Lipinski definition) is 1. The lowest BCUT2D eigenvalue weighted by molar-refractivity contribution is -0.123. The van der Waals surface area contributed by atoms with Crippen molar-refractivity contribution in [3.8, 4) is 0 Å². The van der Waals surface area contributed by atoms with Crippen molar-refractivity contribution in [3.63, 3.8) is 0 Å². The first-order valence-electron chi connectivity index (χ1n) is 8.91. The monoisotopic (exact) mass is 282 g/mol. The van der Waals surface area contributed by atoms with Crippen molar-refractivity contribution >= 4 is 5.78 Å². The van der Waals surface area contributed by atoms with Gasteiger partial charge in [-0.25, -0.2) is 0 Å². The third-order valence-corrected chi connectivity index (χ3v) is 4.61. The minimum atomic E-state index is -0.193. The highest BCUT2D eigenvalue weighted by atomic mass is 16.3. The van der Waals surface area contributed by atoms with Crippen LogP contribution in [0.25, 0.3) is 0 Å². The summed E-state index contributed by atoms with van der Waals surface area (Å²) in [5.41, 5.74) is 0. The molecule has 2 unspecified atom stereocenters. The van der Waals surface area contributed by atoms with E-state index in [0.717, 1.165) is 44.9 Å². The van der Waals surface area contributed by atoms with E-state index in [1.54, 1.807) is 0 Å². The molecule has 0 aromatic carbocycles. The normalized spacial score (nSPS) is 24.7. The number of aliphatic hydroxyl groups excluding tert-OH is 1. The largest absolute Gasteiger partial charge is 0.393 e. The maximum Gasteiger partial charge on any atom is 0.135 e. The highest BCUT2D eigenvalue weighted by Gasteiger charge is 2.17. The van der Waals surface area contributed by atoms with Crippen molar-refractivity contribution in [2.24, 2.45) is 5.92 Å². The predicted molar refractivity (Wildman–Crippen MR) is 84.8 cm³/mol. The zero-order valence-electron chi connectivity index (χ0n) is 13.4. The van der Waals surface area contributed by atoms with Crippen molar-refractivity contribution < 1.29 is 9.90 Å². The number of carbonyl (C=O) groups excluding carboxylic acids is 1. The van der Waals surface area contributed by atoms with Crippen LogP contribution in [-0.2, 0) is 4.79 Å². The summed E-state index contributed by atoms with van der Waals surface area (Å²) in [5, 5.41) is 9.28. The third kappa shape index (κ3) is 8.73. The molecule has 118 valence electrons. The van der Waals surface area contributed by atoms with E-state index in [2.05, 4.69) is 0 Å². The second-order valence-electron chi connectivity index (χ2n) is 6.66. The Labute approximate surface area is 125 Å². The molecule has 2 heteroatoms. The topological polar surface area (TPSA) is 37.3 Å². The smallest absolute Gasteiger partial charge is 0.135 e. The molecule has 1 rings (SSSR count). The molecule has 1 aliphatic carbocycles. The molecule has 1 aliphatic rings. The van der Waals surface area contributed by atoms with Gasteiger partial charge in [0.25, 0.3) is 0 Å². The highest BCUT2D eigenvalue weighted by Crippen LogP contribution is 2.23. The predicted octanol–water partition coefficient (Wildman–Crippen LogP) is 5.03. The summed E-state index contributed by atoms with van der Waals surface area (Å²) >= 11 is 0. The number of hydrogen-bond acceptors (Lipinski definition) is 2. The van der Waals surface area contributed by atoms with Gasteiger partial charge in [0.2, 0.25) is 0 Å². The van der Waals surface area contributed by atoms with Gasteiger partial charge in [0, 0.05) is 12.3 Å². The van der Waals surface area contributed by atoms with Crippen LogP contribution in [0.15, 0.2) is 0 Å². The summed E-state index contributed by atoms with van der Waals surface area (Å²) in [6.45, 7) is 1.85. The number of aliphatic hydroxyl groups is 1. The van der Waals surface area contributed by atoms with Crippen molar-refractivity contribution in [2.45, 2.75) is 103 Å². The summed E-state index contributed by atoms with van der Waals surface area (Å²) in [7, 11) is 0. The van der Waals surface area contributed by atoms with Crippen LogP contribution in [0.5, 0.6) is 0 Å². The molecule has 1 fully saturated rings. The first-order chi connectivity index (χ1) is 9.70. The zero-order chi connectivity index (χ0) is 14.6. The minimum Gasteiger partial charge on any atom is -0.393 e. The van der Waals surface area contributed by atoms with Gasteiger partial charge >= 0.3 is 0 Å². The van der Waals surface area contributed by atoms with Gasteiger partial charge in [0.05, 0.1) is 6.10 Å². The Morgan fingerprint density at radius 3 is 2.25 bits per heavy atom. The highest BCUT2D eigenvalue weighted by molar-refractivity contribution is 5.80. The minimum absolute atomic E-state index is 0.193. The molecule has 0 bridgehead atoms. The van der Waals surface area contributed by atoms with E-state index >= 15 is 0 Å². The van der Waals surface area contributed by atoms with Gasteiger partial charge in [0.1, 0.15) is 5.78 Å². The van der Waals surface area contributed by atoms with Crippen molar-refractivity contribution in [2.75, 3.05) is 0 Å². The maximum atomic E-state index is 12.3. The molecular formula is C18H34O2. The van der Waals surface area contributed by atoms with Gasteiger partial charge in [0.15, 0.2) is 0 Å². The summed E-state index contributed by atoms with van der Waals surface area (Å²) in [5.74, 6) is 0.825. The van der Waals surface area contributed by atoms with Gasteiger partial charge in [-0.2, -0.15) is 0 Å². The van der Waals surface area contributed by atoms with Crippen LogP contribution < -0.4 is 0 Å². The Hall–Kier alpha value is -0.370. The summed E-state index contributed by atoms with van der Waals surface area (Å²) < 4.78 is 0. The first-order valence-corrected chi connectivity index (χ1v) is 8.91. The number of carbonyl (C=O) groups is 1. The van der Waals surface area contributed by atoms with E-state index in [1.165, 1.54) is 44.9 Å². The molecule has 0 spiro atoms. The SMILES string of the molecule is CC(O)CCCCC1CCCCCCCCCCC1=O. The molecule has 0 radical (unpaired) electrons. The van der Waals surface area contributed by atoms with E-state index < -0.39 is 0 Å². The van der Waals surface area contributed by atoms with Gasteiger partial charge in [-0.1, -0.05) is 57.8 Å². The quantitative estimate of drug-likeness (QED) is 0.718. The van der Waals surface area contributed by atoms with Crippen molar-refractivity contribution in [1.29, 1.82) is 0 Å². The van der Waals surface area contributed by atoms with Crippen LogP contribution in [-0.4, -0.2) is 17.0 Å². The lowest BCUT2D eigenvalue weighted by Gasteiger charge is -2.17. The average Bonchev–Trinajstić information content (AvgIpc) is 2.40. The van der Waals surface area contributed by atoms with Crippen LogP contribution >= 0.6 is 0 Å². The van der Waals surface area contributed by atoms with Crippen molar-refractivity contribution in [1.82, 2.24) is 0 Å². The Bertz CT molecular complexity index is 248. The average molecular weight is 282 g/mol. The van der Waals surface area contributed by atoms with E-state index in [4.69, 9.17) is 0 Å². The summed E-state index contributed by atoms with van der Waals surface area (Å²) in [4.78, 5) is 12.3. The van der Waals surface area contributed by atoms with Gasteiger partial charge in [-0.3, -0.25) is 4.79 Å². The standard InChI is InChI=1S/C18H34O2/c1-16(19)12-10-11-14-17-13-8-6-4-2-3-5-7-9-15-18(17)20/h16-17,19H,2-15H2,1H3. The summed E-state index contributed by atoms with van der Waals surface area (Å²) in [6.07, 6.45) is 16.1. The molecule has 0 amide bonds. The molecule has 0 aliphatic heterocycles. The summed E-state index contributed by atoms with van der Waals surface area (Å²) in [6, 6.07) is 0. The van der Waals surface area contributed by atoms with Crippen LogP contribution in [0.4, 0.5) is 0 Å². The lowest BCUT2D eigenvalue weighted by atomic mass is 9.88. The fourth-order valence-electron chi connectivity index (χ4n) is 3.25. The Kier molecular flexibility index (Phi) is 10.00. The molecular weight excluding hydrogens is 248 g/mol. The van der Waals surface area contributed by atoms with Gasteiger partial charge in [-0.15, -0.1) is 0 Å². The number of rotatable bonds is 5. The Morgan fingerprint density at radius 2 is 1.60 bits per heavy atom. The molecule has 0 heterocycles.